The zero-order chi connectivity index (χ0) is 12.4. The maximum absolute atomic E-state index is 11.1. The van der Waals surface area contributed by atoms with Crippen LogP contribution in [0.1, 0.15) is 17.5 Å². The van der Waals surface area contributed by atoms with Gasteiger partial charge in [-0.15, -0.1) is 11.3 Å². The van der Waals surface area contributed by atoms with Gasteiger partial charge in [0, 0.05) is 21.9 Å². The number of aryl methyl sites for hydroxylation is 1. The molecule has 0 radical (unpaired) electrons. The fourth-order valence-corrected chi connectivity index (χ4v) is 2.88. The number of halogens is 1. The molecule has 0 aliphatic carbocycles. The average Bonchev–Trinajstić information content (AvgIpc) is 2.59. The highest BCUT2D eigenvalue weighted by Crippen LogP contribution is 2.29. The normalized spacial score (nSPS) is 10.5. The van der Waals surface area contributed by atoms with E-state index in [-0.39, 0.29) is 5.78 Å². The maximum Gasteiger partial charge on any atom is 0.135 e. The molecule has 0 fully saturated rings. The van der Waals surface area contributed by atoms with Crippen LogP contribution >= 0.6 is 22.9 Å². The Morgan fingerprint density at radius 3 is 2.88 bits per heavy atom. The number of carbonyl (C=O) groups excluding carboxylic acids is 1. The highest BCUT2D eigenvalue weighted by Gasteiger charge is 2.11. The fourth-order valence-electron chi connectivity index (χ4n) is 1.56. The topological polar surface area (TPSA) is 30.0 Å². The molecule has 0 unspecified atom stereocenters. The first-order valence-corrected chi connectivity index (χ1v) is 6.47. The summed E-state index contributed by atoms with van der Waals surface area (Å²) in [5.74, 6) is 0.161. The van der Waals surface area contributed by atoms with Gasteiger partial charge in [-0.05, 0) is 26.0 Å². The van der Waals surface area contributed by atoms with E-state index in [4.69, 9.17) is 11.6 Å². The molecule has 0 aliphatic heterocycles. The molecule has 2 aromatic rings. The number of thiazole rings is 1. The summed E-state index contributed by atoms with van der Waals surface area (Å²) in [5, 5.41) is 1.62. The van der Waals surface area contributed by atoms with Crippen molar-refractivity contribution in [2.45, 2.75) is 20.3 Å². The van der Waals surface area contributed by atoms with Crippen LogP contribution in [-0.4, -0.2) is 10.8 Å². The summed E-state index contributed by atoms with van der Waals surface area (Å²) in [4.78, 5) is 16.6. The first-order valence-electron chi connectivity index (χ1n) is 5.28. The van der Waals surface area contributed by atoms with Gasteiger partial charge in [0.1, 0.15) is 10.8 Å². The van der Waals surface area contributed by atoms with Crippen molar-refractivity contribution in [2.75, 3.05) is 0 Å². The summed E-state index contributed by atoms with van der Waals surface area (Å²) in [6, 6.07) is 7.60. The quantitative estimate of drug-likeness (QED) is 0.842. The molecular formula is C13H12ClNOS. The number of carbonyl (C=O) groups is 1. The minimum atomic E-state index is 0.161. The van der Waals surface area contributed by atoms with E-state index in [1.807, 2.05) is 31.2 Å². The van der Waals surface area contributed by atoms with E-state index in [9.17, 15) is 4.79 Å². The number of hydrogen-bond donors (Lipinski definition) is 0. The Hall–Kier alpha value is -1.19. The molecule has 1 heterocycles. The van der Waals surface area contributed by atoms with Crippen LogP contribution in [0.4, 0.5) is 0 Å². The molecule has 1 aromatic heterocycles. The summed E-state index contributed by atoms with van der Waals surface area (Å²) in [7, 11) is 0. The van der Waals surface area contributed by atoms with E-state index in [1.165, 1.54) is 0 Å². The van der Waals surface area contributed by atoms with Crippen LogP contribution in [0.3, 0.4) is 0 Å². The molecule has 2 nitrogen and oxygen atoms in total. The lowest BCUT2D eigenvalue weighted by Crippen LogP contribution is -1.94. The third-order valence-electron chi connectivity index (χ3n) is 2.37. The van der Waals surface area contributed by atoms with E-state index in [0.29, 0.717) is 11.4 Å². The number of nitrogens with zero attached hydrogens (tertiary/aromatic N) is 1. The van der Waals surface area contributed by atoms with Crippen LogP contribution in [0.5, 0.6) is 0 Å². The lowest BCUT2D eigenvalue weighted by molar-refractivity contribution is -0.116. The highest BCUT2D eigenvalue weighted by atomic mass is 35.5. The van der Waals surface area contributed by atoms with Gasteiger partial charge in [-0.1, -0.05) is 23.7 Å². The Labute approximate surface area is 109 Å². The zero-order valence-corrected chi connectivity index (χ0v) is 11.2. The molecule has 0 spiro atoms. The third-order valence-corrected chi connectivity index (χ3v) is 3.82. The van der Waals surface area contributed by atoms with Crippen molar-refractivity contribution >= 4 is 28.7 Å². The molecule has 0 saturated heterocycles. The molecule has 2 rings (SSSR count). The highest BCUT2D eigenvalue weighted by molar-refractivity contribution is 7.15. The van der Waals surface area contributed by atoms with Crippen LogP contribution in [0.15, 0.2) is 24.3 Å². The minimum absolute atomic E-state index is 0.161. The molecule has 17 heavy (non-hydrogen) atoms. The molecule has 0 N–H and O–H groups in total. The van der Waals surface area contributed by atoms with Crippen LogP contribution in [0.2, 0.25) is 5.02 Å². The first-order chi connectivity index (χ1) is 8.06. The summed E-state index contributed by atoms with van der Waals surface area (Å²) in [6.45, 7) is 3.53. The summed E-state index contributed by atoms with van der Waals surface area (Å²) < 4.78 is 0. The molecule has 0 atom stereocenters. The number of benzene rings is 1. The number of hydrogen-bond acceptors (Lipinski definition) is 3. The lowest BCUT2D eigenvalue weighted by Gasteiger charge is -1.95. The summed E-state index contributed by atoms with van der Waals surface area (Å²) in [6.07, 6.45) is 0.462. The van der Waals surface area contributed by atoms with Gasteiger partial charge in [-0.3, -0.25) is 4.79 Å². The van der Waals surface area contributed by atoms with Crippen LogP contribution in [0, 0.1) is 6.92 Å². The van der Waals surface area contributed by atoms with Gasteiger partial charge < -0.3 is 0 Å². The molecule has 0 aliphatic rings. The third kappa shape index (κ3) is 2.93. The number of rotatable bonds is 3. The summed E-state index contributed by atoms with van der Waals surface area (Å²) >= 11 is 7.51. The van der Waals surface area contributed by atoms with E-state index in [2.05, 4.69) is 4.98 Å². The van der Waals surface area contributed by atoms with Gasteiger partial charge in [0.15, 0.2) is 0 Å². The second kappa shape index (κ2) is 4.98. The van der Waals surface area contributed by atoms with Gasteiger partial charge in [0.2, 0.25) is 0 Å². The van der Waals surface area contributed by atoms with Gasteiger partial charge in [0.05, 0.1) is 5.69 Å². The van der Waals surface area contributed by atoms with Gasteiger partial charge in [-0.2, -0.15) is 0 Å². The van der Waals surface area contributed by atoms with Crippen LogP contribution in [-0.2, 0) is 11.2 Å². The average molecular weight is 266 g/mol. The van der Waals surface area contributed by atoms with Gasteiger partial charge in [0.25, 0.3) is 0 Å². The van der Waals surface area contributed by atoms with E-state index >= 15 is 0 Å². The molecule has 1 aromatic carbocycles. The molecule has 4 heteroatoms. The maximum atomic E-state index is 11.1. The smallest absolute Gasteiger partial charge is 0.135 e. The van der Waals surface area contributed by atoms with E-state index in [0.717, 1.165) is 21.1 Å². The molecule has 88 valence electrons. The molecule has 0 bridgehead atoms. The number of aromatic nitrogens is 1. The second-order valence-electron chi connectivity index (χ2n) is 3.92. The standard InChI is InChI=1S/C13H12ClNOS/c1-8(16)6-12-9(2)15-13(17-12)10-4-3-5-11(14)7-10/h3-5,7H,6H2,1-2H3. The minimum Gasteiger partial charge on any atom is -0.300 e. The SMILES string of the molecule is CC(=O)Cc1sc(-c2cccc(Cl)c2)nc1C. The Balaban J connectivity index is 2.37. The lowest BCUT2D eigenvalue weighted by atomic mass is 10.2. The van der Waals surface area contributed by atoms with Crippen molar-refractivity contribution in [1.29, 1.82) is 0 Å². The monoisotopic (exact) mass is 265 g/mol. The Kier molecular flexibility index (Phi) is 3.60. The van der Waals surface area contributed by atoms with Crippen molar-refractivity contribution in [3.8, 4) is 10.6 Å². The number of Topliss-reactive ketones (excluding diaryl/α,β-unsaturated/α-hetero) is 1. The Morgan fingerprint density at radius 2 is 2.24 bits per heavy atom. The van der Waals surface area contributed by atoms with E-state index < -0.39 is 0 Å². The molecule has 0 amide bonds. The van der Waals surface area contributed by atoms with Crippen LogP contribution < -0.4 is 0 Å². The summed E-state index contributed by atoms with van der Waals surface area (Å²) in [5.41, 5.74) is 1.93. The zero-order valence-electron chi connectivity index (χ0n) is 9.66. The molecule has 0 saturated carbocycles. The number of ketones is 1. The van der Waals surface area contributed by atoms with Gasteiger partial charge in [-0.25, -0.2) is 4.98 Å². The predicted octanol–water partition coefficient (Wildman–Crippen LogP) is 3.90. The van der Waals surface area contributed by atoms with Crippen molar-refractivity contribution in [1.82, 2.24) is 4.98 Å². The Bertz CT molecular complexity index is 562. The second-order valence-corrected chi connectivity index (χ2v) is 5.44. The van der Waals surface area contributed by atoms with E-state index in [1.54, 1.807) is 18.3 Å². The Morgan fingerprint density at radius 1 is 1.47 bits per heavy atom. The largest absolute Gasteiger partial charge is 0.300 e. The van der Waals surface area contributed by atoms with Crippen molar-refractivity contribution < 1.29 is 4.79 Å². The van der Waals surface area contributed by atoms with Crippen molar-refractivity contribution in [3.05, 3.63) is 39.9 Å². The molecular weight excluding hydrogens is 254 g/mol. The first kappa shape index (κ1) is 12.3. The predicted molar refractivity (Wildman–Crippen MR) is 71.7 cm³/mol. The fraction of sp³-hybridized carbons (Fsp3) is 0.231. The van der Waals surface area contributed by atoms with Crippen molar-refractivity contribution in [2.24, 2.45) is 0 Å². The van der Waals surface area contributed by atoms with Crippen LogP contribution in [0.25, 0.3) is 10.6 Å². The van der Waals surface area contributed by atoms with Gasteiger partial charge >= 0.3 is 0 Å². The van der Waals surface area contributed by atoms with Crippen molar-refractivity contribution in [3.63, 3.8) is 0 Å².